The third-order valence-corrected chi connectivity index (χ3v) is 5.12. The largest absolute Gasteiger partial charge is 0.494 e. The summed E-state index contributed by atoms with van der Waals surface area (Å²) >= 11 is 0. The first kappa shape index (κ1) is 22.2. The molecule has 1 heterocycles. The predicted molar refractivity (Wildman–Crippen MR) is 136 cm³/mol. The summed E-state index contributed by atoms with van der Waals surface area (Å²) in [5.74, 6) is 0.558. The third-order valence-electron chi connectivity index (χ3n) is 5.12. The van der Waals surface area contributed by atoms with E-state index >= 15 is 0 Å². The Morgan fingerprint density at radius 2 is 1.70 bits per heavy atom. The standard InChI is InChI=1S/C26H29N5O2/c1-26(2,27)17-31-14-13-18-15-20(10-12-23(18)31)29-25(32)30-22-11-9-21(16-24(22)33-3)28-19-7-5-4-6-8-19/h4-16,28H,17,27H2,1-3H3,(H2,29,30,32). The molecule has 0 bridgehead atoms. The second kappa shape index (κ2) is 9.26. The van der Waals surface area contributed by atoms with Crippen molar-refractivity contribution in [1.29, 1.82) is 0 Å². The van der Waals surface area contributed by atoms with Gasteiger partial charge in [0.15, 0.2) is 0 Å². The average molecular weight is 444 g/mol. The minimum Gasteiger partial charge on any atom is -0.494 e. The van der Waals surface area contributed by atoms with E-state index in [0.717, 1.165) is 22.3 Å². The molecule has 7 heteroatoms. The zero-order valence-electron chi connectivity index (χ0n) is 19.1. The van der Waals surface area contributed by atoms with Crippen molar-refractivity contribution in [3.63, 3.8) is 0 Å². The first-order valence-corrected chi connectivity index (χ1v) is 10.8. The highest BCUT2D eigenvalue weighted by molar-refractivity contribution is 6.02. The van der Waals surface area contributed by atoms with Crippen molar-refractivity contribution >= 4 is 39.7 Å². The SMILES string of the molecule is COc1cc(Nc2ccccc2)ccc1NC(=O)Nc1ccc2c(ccn2CC(C)(C)N)c1. The second-order valence-electron chi connectivity index (χ2n) is 8.69. The Kier molecular flexibility index (Phi) is 6.24. The monoisotopic (exact) mass is 443 g/mol. The van der Waals surface area contributed by atoms with Crippen molar-refractivity contribution in [2.45, 2.75) is 25.9 Å². The maximum absolute atomic E-state index is 12.6. The van der Waals surface area contributed by atoms with Crippen molar-refractivity contribution in [1.82, 2.24) is 4.57 Å². The number of carbonyl (C=O) groups is 1. The van der Waals surface area contributed by atoms with Crippen LogP contribution in [0.4, 0.5) is 27.5 Å². The van der Waals surface area contributed by atoms with E-state index in [-0.39, 0.29) is 11.6 Å². The molecule has 4 aromatic rings. The highest BCUT2D eigenvalue weighted by Gasteiger charge is 2.14. The number of amides is 2. The predicted octanol–water partition coefficient (Wildman–Crippen LogP) is 5.77. The molecular weight excluding hydrogens is 414 g/mol. The Morgan fingerprint density at radius 3 is 2.42 bits per heavy atom. The van der Waals surface area contributed by atoms with E-state index in [1.54, 1.807) is 7.11 Å². The minimum atomic E-state index is -0.348. The molecule has 0 atom stereocenters. The van der Waals surface area contributed by atoms with Gasteiger partial charge in [-0.15, -0.1) is 0 Å². The fourth-order valence-corrected chi connectivity index (χ4v) is 3.70. The van der Waals surface area contributed by atoms with Gasteiger partial charge in [-0.2, -0.15) is 0 Å². The van der Waals surface area contributed by atoms with Crippen LogP contribution in [-0.4, -0.2) is 23.2 Å². The van der Waals surface area contributed by atoms with Crippen LogP contribution in [0.25, 0.3) is 10.9 Å². The Labute approximate surface area is 193 Å². The molecular formula is C26H29N5O2. The van der Waals surface area contributed by atoms with Gasteiger partial charge in [-0.05, 0) is 62.4 Å². The van der Waals surface area contributed by atoms with Gasteiger partial charge in [-0.25, -0.2) is 4.79 Å². The number of anilines is 4. The smallest absolute Gasteiger partial charge is 0.323 e. The van der Waals surface area contributed by atoms with E-state index in [9.17, 15) is 4.79 Å². The number of nitrogens with two attached hydrogens (primary N) is 1. The maximum atomic E-state index is 12.6. The molecule has 1 aromatic heterocycles. The van der Waals surface area contributed by atoms with Gasteiger partial charge in [0, 0.05) is 52.3 Å². The fraction of sp³-hybridized carbons (Fsp3) is 0.192. The van der Waals surface area contributed by atoms with Gasteiger partial charge < -0.3 is 31.0 Å². The Bertz CT molecular complexity index is 1260. The molecule has 0 aliphatic rings. The summed E-state index contributed by atoms with van der Waals surface area (Å²) in [7, 11) is 1.58. The first-order chi connectivity index (χ1) is 15.8. The van der Waals surface area contributed by atoms with Crippen molar-refractivity contribution in [2.24, 2.45) is 5.73 Å². The normalized spacial score (nSPS) is 11.3. The van der Waals surface area contributed by atoms with E-state index < -0.39 is 0 Å². The average Bonchev–Trinajstić information content (AvgIpc) is 3.15. The fourth-order valence-electron chi connectivity index (χ4n) is 3.70. The Balaban J connectivity index is 1.44. The van der Waals surface area contributed by atoms with Crippen molar-refractivity contribution < 1.29 is 9.53 Å². The number of benzene rings is 3. The number of hydrogen-bond acceptors (Lipinski definition) is 4. The quantitative estimate of drug-likeness (QED) is 0.291. The summed E-state index contributed by atoms with van der Waals surface area (Å²) in [6, 6.07) is 22.9. The van der Waals surface area contributed by atoms with E-state index in [4.69, 9.17) is 10.5 Å². The van der Waals surface area contributed by atoms with Crippen molar-refractivity contribution in [2.75, 3.05) is 23.1 Å². The summed E-state index contributed by atoms with van der Waals surface area (Å²) < 4.78 is 7.60. The lowest BCUT2D eigenvalue weighted by molar-refractivity contribution is 0.262. The van der Waals surface area contributed by atoms with Gasteiger partial charge in [-0.1, -0.05) is 18.2 Å². The van der Waals surface area contributed by atoms with Crippen molar-refractivity contribution in [3.05, 3.63) is 79.0 Å². The molecule has 170 valence electrons. The summed E-state index contributed by atoms with van der Waals surface area (Å²) in [5, 5.41) is 10.1. The molecule has 5 N–H and O–H groups in total. The number of carbonyl (C=O) groups excluding carboxylic acids is 1. The number of hydrogen-bond donors (Lipinski definition) is 4. The van der Waals surface area contributed by atoms with Gasteiger partial charge in [0.2, 0.25) is 0 Å². The van der Waals surface area contributed by atoms with Gasteiger partial charge in [0.05, 0.1) is 12.8 Å². The van der Waals surface area contributed by atoms with Crippen LogP contribution in [0.15, 0.2) is 79.0 Å². The molecule has 0 radical (unpaired) electrons. The number of rotatable bonds is 7. The van der Waals surface area contributed by atoms with E-state index in [2.05, 4.69) is 20.5 Å². The minimum absolute atomic E-state index is 0.312. The topological polar surface area (TPSA) is 93.3 Å². The van der Waals surface area contributed by atoms with Crippen molar-refractivity contribution in [3.8, 4) is 5.75 Å². The zero-order chi connectivity index (χ0) is 23.4. The van der Waals surface area contributed by atoms with Crippen LogP contribution in [0, 0.1) is 0 Å². The number of nitrogens with one attached hydrogen (secondary N) is 3. The van der Waals surface area contributed by atoms with Gasteiger partial charge in [0.1, 0.15) is 5.75 Å². The molecule has 0 fully saturated rings. The van der Waals surface area contributed by atoms with Crippen LogP contribution in [0.1, 0.15) is 13.8 Å². The van der Waals surface area contributed by atoms with E-state index in [1.165, 1.54) is 0 Å². The molecule has 2 amide bonds. The van der Waals surface area contributed by atoms with Crippen LogP contribution in [0.3, 0.4) is 0 Å². The molecule has 7 nitrogen and oxygen atoms in total. The highest BCUT2D eigenvalue weighted by Crippen LogP contribution is 2.30. The van der Waals surface area contributed by atoms with Crippen LogP contribution in [-0.2, 0) is 6.54 Å². The Morgan fingerprint density at radius 1 is 0.939 bits per heavy atom. The zero-order valence-corrected chi connectivity index (χ0v) is 19.1. The van der Waals surface area contributed by atoms with Crippen LogP contribution >= 0.6 is 0 Å². The summed E-state index contributed by atoms with van der Waals surface area (Å²) in [6.45, 7) is 4.70. The van der Waals surface area contributed by atoms with Crippen LogP contribution in [0.2, 0.25) is 0 Å². The lowest BCUT2D eigenvalue weighted by atomic mass is 10.1. The molecule has 33 heavy (non-hydrogen) atoms. The molecule has 0 unspecified atom stereocenters. The molecule has 3 aromatic carbocycles. The lowest BCUT2D eigenvalue weighted by Gasteiger charge is -2.20. The molecule has 0 saturated heterocycles. The molecule has 0 saturated carbocycles. The molecule has 0 spiro atoms. The number of methoxy groups -OCH3 is 1. The molecule has 4 rings (SSSR count). The summed E-state index contributed by atoms with van der Waals surface area (Å²) in [6.07, 6.45) is 2.01. The highest BCUT2D eigenvalue weighted by atomic mass is 16.5. The molecule has 0 aliphatic heterocycles. The number of nitrogens with zero attached hydrogens (tertiary/aromatic N) is 1. The lowest BCUT2D eigenvalue weighted by Crippen LogP contribution is -2.36. The van der Waals surface area contributed by atoms with Gasteiger partial charge in [-0.3, -0.25) is 0 Å². The van der Waals surface area contributed by atoms with E-state index in [1.807, 2.05) is 92.8 Å². The van der Waals surface area contributed by atoms with Crippen LogP contribution in [0.5, 0.6) is 5.75 Å². The number of aromatic nitrogens is 1. The summed E-state index contributed by atoms with van der Waals surface area (Å²) in [4.78, 5) is 12.6. The van der Waals surface area contributed by atoms with Crippen LogP contribution < -0.4 is 26.4 Å². The van der Waals surface area contributed by atoms with E-state index in [0.29, 0.717) is 23.7 Å². The second-order valence-corrected chi connectivity index (χ2v) is 8.69. The third kappa shape index (κ3) is 5.64. The molecule has 0 aliphatic carbocycles. The number of fused-ring (bicyclic) bond motifs is 1. The number of para-hydroxylation sites is 1. The first-order valence-electron chi connectivity index (χ1n) is 10.8. The van der Waals surface area contributed by atoms with Gasteiger partial charge in [0.25, 0.3) is 0 Å². The Hall–Kier alpha value is -3.97. The summed E-state index contributed by atoms with van der Waals surface area (Å²) in [5.41, 5.74) is 10.0. The maximum Gasteiger partial charge on any atom is 0.323 e. The number of ether oxygens (including phenoxy) is 1. The number of urea groups is 1. The van der Waals surface area contributed by atoms with Gasteiger partial charge >= 0.3 is 6.03 Å².